The maximum absolute atomic E-state index is 6.33. The van der Waals surface area contributed by atoms with Gasteiger partial charge in [-0.1, -0.05) is 50.3 Å². The third-order valence-corrected chi connectivity index (χ3v) is 6.27. The Balaban J connectivity index is 1.46. The number of nitrogens with zero attached hydrogens (tertiary/aromatic N) is 2. The molecule has 3 aromatic carbocycles. The first-order valence-electron chi connectivity index (χ1n) is 12.6. The van der Waals surface area contributed by atoms with Crippen molar-refractivity contribution in [1.82, 2.24) is 9.55 Å². The van der Waals surface area contributed by atoms with E-state index in [2.05, 4.69) is 68.3 Å². The molecule has 0 spiro atoms. The van der Waals surface area contributed by atoms with E-state index in [9.17, 15) is 0 Å². The summed E-state index contributed by atoms with van der Waals surface area (Å²) in [7, 11) is 1.67. The molecule has 0 saturated heterocycles. The van der Waals surface area contributed by atoms with Crippen molar-refractivity contribution in [3.8, 4) is 17.2 Å². The van der Waals surface area contributed by atoms with E-state index in [1.807, 2.05) is 30.3 Å². The van der Waals surface area contributed by atoms with Gasteiger partial charge in [-0.05, 0) is 72.7 Å². The molecule has 0 fully saturated rings. The predicted molar refractivity (Wildman–Crippen MR) is 146 cm³/mol. The number of benzene rings is 3. The highest BCUT2D eigenvalue weighted by atomic mass is 16.5. The Morgan fingerprint density at radius 3 is 2.58 bits per heavy atom. The third-order valence-electron chi connectivity index (χ3n) is 6.27. The van der Waals surface area contributed by atoms with Crippen LogP contribution in [0.3, 0.4) is 0 Å². The molecule has 0 aliphatic rings. The maximum atomic E-state index is 6.33. The lowest BCUT2D eigenvalue weighted by molar-refractivity contribution is 0.271. The fourth-order valence-corrected chi connectivity index (χ4v) is 4.40. The monoisotopic (exact) mass is 484 g/mol. The first kappa shape index (κ1) is 25.4. The molecule has 5 nitrogen and oxygen atoms in total. The van der Waals surface area contributed by atoms with Crippen LogP contribution < -0.4 is 14.2 Å². The minimum atomic E-state index is 0.388. The lowest BCUT2D eigenvalue weighted by Crippen LogP contribution is -2.11. The van der Waals surface area contributed by atoms with Crippen molar-refractivity contribution in [3.05, 3.63) is 95.8 Å². The van der Waals surface area contributed by atoms with Crippen LogP contribution in [-0.4, -0.2) is 23.3 Å². The molecule has 0 radical (unpaired) electrons. The van der Waals surface area contributed by atoms with Crippen LogP contribution in [0.25, 0.3) is 11.0 Å². The molecule has 0 aliphatic carbocycles. The minimum Gasteiger partial charge on any atom is -0.493 e. The number of imidazole rings is 1. The van der Waals surface area contributed by atoms with Gasteiger partial charge >= 0.3 is 0 Å². The van der Waals surface area contributed by atoms with E-state index in [0.717, 1.165) is 59.1 Å². The number of allylic oxidation sites excluding steroid dienone is 1. The zero-order valence-electron chi connectivity index (χ0n) is 21.8. The molecule has 1 heterocycles. The predicted octanol–water partition coefficient (Wildman–Crippen LogP) is 7.25. The van der Waals surface area contributed by atoms with Crippen molar-refractivity contribution < 1.29 is 14.2 Å². The number of hydrogen-bond acceptors (Lipinski definition) is 4. The number of aryl methyl sites for hydroxylation is 2. The van der Waals surface area contributed by atoms with E-state index in [-0.39, 0.29) is 0 Å². The van der Waals surface area contributed by atoms with Gasteiger partial charge in [0, 0.05) is 6.54 Å². The second-order valence-electron chi connectivity index (χ2n) is 9.33. The Kier molecular flexibility index (Phi) is 8.32. The molecule has 0 bridgehead atoms. The van der Waals surface area contributed by atoms with E-state index >= 15 is 0 Å². The largest absolute Gasteiger partial charge is 0.493 e. The van der Waals surface area contributed by atoms with E-state index in [1.54, 1.807) is 7.11 Å². The Morgan fingerprint density at radius 1 is 0.972 bits per heavy atom. The quantitative estimate of drug-likeness (QED) is 0.157. The van der Waals surface area contributed by atoms with Gasteiger partial charge in [-0.15, -0.1) is 6.58 Å². The highest BCUT2D eigenvalue weighted by molar-refractivity contribution is 5.75. The highest BCUT2D eigenvalue weighted by Gasteiger charge is 2.14. The van der Waals surface area contributed by atoms with E-state index in [1.165, 1.54) is 11.1 Å². The Hall–Kier alpha value is -3.73. The van der Waals surface area contributed by atoms with Crippen molar-refractivity contribution in [1.29, 1.82) is 0 Å². The SMILES string of the molecule is C=CCc1ccc(OCCCn2c(COc3cc(C)ccc3C(C)C)nc3ccccc32)c(OC)c1. The van der Waals surface area contributed by atoms with Crippen LogP contribution in [0.1, 0.15) is 48.7 Å². The lowest BCUT2D eigenvalue weighted by Gasteiger charge is -2.16. The second kappa shape index (κ2) is 11.8. The van der Waals surface area contributed by atoms with E-state index < -0.39 is 0 Å². The molecule has 1 aromatic heterocycles. The van der Waals surface area contributed by atoms with Crippen molar-refractivity contribution in [2.75, 3.05) is 13.7 Å². The van der Waals surface area contributed by atoms with Gasteiger partial charge in [0.25, 0.3) is 0 Å². The summed E-state index contributed by atoms with van der Waals surface area (Å²) in [6.45, 7) is 12.0. The number of ether oxygens (including phenoxy) is 3. The van der Waals surface area contributed by atoms with Gasteiger partial charge < -0.3 is 18.8 Å². The number of rotatable bonds is 12. The highest BCUT2D eigenvalue weighted by Crippen LogP contribution is 2.30. The lowest BCUT2D eigenvalue weighted by atomic mass is 10.0. The first-order valence-corrected chi connectivity index (χ1v) is 12.6. The Labute approximate surface area is 214 Å². The molecule has 0 saturated carbocycles. The van der Waals surface area contributed by atoms with Gasteiger partial charge in [-0.2, -0.15) is 0 Å². The molecule has 5 heteroatoms. The Bertz CT molecular complexity index is 1320. The fraction of sp³-hybridized carbons (Fsp3) is 0.323. The molecule has 0 unspecified atom stereocenters. The zero-order valence-corrected chi connectivity index (χ0v) is 21.8. The molecule has 0 aliphatic heterocycles. The van der Waals surface area contributed by atoms with Crippen LogP contribution in [0.2, 0.25) is 0 Å². The first-order chi connectivity index (χ1) is 17.5. The summed E-state index contributed by atoms with van der Waals surface area (Å²) < 4.78 is 20.2. The van der Waals surface area contributed by atoms with Gasteiger partial charge in [-0.25, -0.2) is 4.98 Å². The molecule has 0 amide bonds. The summed E-state index contributed by atoms with van der Waals surface area (Å²) in [5, 5.41) is 0. The van der Waals surface area contributed by atoms with Crippen LogP contribution in [0.4, 0.5) is 0 Å². The van der Waals surface area contributed by atoms with Gasteiger partial charge in [0.2, 0.25) is 0 Å². The van der Waals surface area contributed by atoms with Crippen molar-refractivity contribution in [2.24, 2.45) is 0 Å². The standard InChI is InChI=1S/C31H36N2O3/c1-6-10-24-14-16-28(30(20-24)34-5)35-18-9-17-33-27-12-8-7-11-26(27)32-31(33)21-36-29-19-23(4)13-15-25(29)22(2)3/h6-8,11-16,19-20,22H,1,9-10,17-18,21H2,2-5H3. The molecular weight excluding hydrogens is 448 g/mol. The summed E-state index contributed by atoms with van der Waals surface area (Å²) in [5.41, 5.74) is 5.64. The fourth-order valence-electron chi connectivity index (χ4n) is 4.40. The third kappa shape index (κ3) is 5.91. The second-order valence-corrected chi connectivity index (χ2v) is 9.33. The number of hydrogen-bond donors (Lipinski definition) is 0. The average molecular weight is 485 g/mol. The van der Waals surface area contributed by atoms with Gasteiger partial charge in [0.1, 0.15) is 18.2 Å². The van der Waals surface area contributed by atoms with Crippen LogP contribution in [0, 0.1) is 6.92 Å². The number of aromatic nitrogens is 2. The summed E-state index contributed by atoms with van der Waals surface area (Å²) in [5.74, 6) is 3.73. The van der Waals surface area contributed by atoms with Crippen LogP contribution in [0.15, 0.2) is 73.3 Å². The van der Waals surface area contributed by atoms with Gasteiger partial charge in [0.15, 0.2) is 11.5 Å². The molecule has 0 N–H and O–H groups in total. The number of fused-ring (bicyclic) bond motifs is 1. The Morgan fingerprint density at radius 2 is 1.81 bits per heavy atom. The van der Waals surface area contributed by atoms with E-state index in [4.69, 9.17) is 19.2 Å². The number of methoxy groups -OCH3 is 1. The average Bonchev–Trinajstić information content (AvgIpc) is 3.23. The van der Waals surface area contributed by atoms with Crippen LogP contribution >= 0.6 is 0 Å². The maximum Gasteiger partial charge on any atom is 0.161 e. The molecule has 4 rings (SSSR count). The van der Waals surface area contributed by atoms with E-state index in [0.29, 0.717) is 19.1 Å². The molecule has 36 heavy (non-hydrogen) atoms. The number of para-hydroxylation sites is 2. The van der Waals surface area contributed by atoms with Crippen molar-refractivity contribution in [2.45, 2.75) is 52.7 Å². The topological polar surface area (TPSA) is 45.5 Å². The summed E-state index contributed by atoms with van der Waals surface area (Å²) in [4.78, 5) is 4.89. The molecule has 4 aromatic rings. The molecule has 188 valence electrons. The summed E-state index contributed by atoms with van der Waals surface area (Å²) in [6, 6.07) is 20.7. The van der Waals surface area contributed by atoms with Gasteiger partial charge in [-0.3, -0.25) is 0 Å². The van der Waals surface area contributed by atoms with Gasteiger partial charge in [0.05, 0.1) is 24.8 Å². The smallest absolute Gasteiger partial charge is 0.161 e. The van der Waals surface area contributed by atoms with Crippen LogP contribution in [0.5, 0.6) is 17.2 Å². The van der Waals surface area contributed by atoms with Crippen molar-refractivity contribution in [3.63, 3.8) is 0 Å². The molecular formula is C31H36N2O3. The summed E-state index contributed by atoms with van der Waals surface area (Å²) in [6.07, 6.45) is 3.51. The molecule has 0 atom stereocenters. The summed E-state index contributed by atoms with van der Waals surface area (Å²) >= 11 is 0. The van der Waals surface area contributed by atoms with Crippen LogP contribution in [-0.2, 0) is 19.6 Å². The van der Waals surface area contributed by atoms with Crippen molar-refractivity contribution >= 4 is 11.0 Å². The zero-order chi connectivity index (χ0) is 25.5. The normalized spacial score (nSPS) is 11.1. The minimum absolute atomic E-state index is 0.388.